The zero-order valence-electron chi connectivity index (χ0n) is 11.4. The molecule has 1 heterocycles. The molecule has 1 N–H and O–H groups in total. The number of pyridine rings is 1. The SMILES string of the molecule is O=C(Nc1ccccc1)c1cc(-c2ccccc2)ccn1. The summed E-state index contributed by atoms with van der Waals surface area (Å²) in [5, 5.41) is 2.84. The molecule has 2 aromatic carbocycles. The van der Waals surface area contributed by atoms with Crippen molar-refractivity contribution in [1.82, 2.24) is 4.98 Å². The molecule has 1 aromatic heterocycles. The highest BCUT2D eigenvalue weighted by atomic mass is 16.1. The van der Waals surface area contributed by atoms with Gasteiger partial charge in [0.2, 0.25) is 0 Å². The Balaban J connectivity index is 1.85. The first-order chi connectivity index (χ1) is 10.3. The molecule has 0 fully saturated rings. The third kappa shape index (κ3) is 3.15. The van der Waals surface area contributed by atoms with E-state index in [1.54, 1.807) is 12.3 Å². The summed E-state index contributed by atoms with van der Waals surface area (Å²) in [6.07, 6.45) is 1.66. The van der Waals surface area contributed by atoms with Crippen molar-refractivity contribution in [3.63, 3.8) is 0 Å². The molecule has 0 bridgehead atoms. The van der Waals surface area contributed by atoms with Crippen molar-refractivity contribution >= 4 is 11.6 Å². The summed E-state index contributed by atoms with van der Waals surface area (Å²) < 4.78 is 0. The van der Waals surface area contributed by atoms with Crippen molar-refractivity contribution in [2.24, 2.45) is 0 Å². The average molecular weight is 274 g/mol. The summed E-state index contributed by atoms with van der Waals surface area (Å²) in [7, 11) is 0. The molecule has 0 atom stereocenters. The maximum Gasteiger partial charge on any atom is 0.274 e. The smallest absolute Gasteiger partial charge is 0.274 e. The number of para-hydroxylation sites is 1. The maximum absolute atomic E-state index is 12.2. The Hall–Kier alpha value is -2.94. The van der Waals surface area contributed by atoms with Crippen molar-refractivity contribution in [1.29, 1.82) is 0 Å². The molecule has 0 aliphatic carbocycles. The van der Waals surface area contributed by atoms with Gasteiger partial charge in [0.15, 0.2) is 0 Å². The zero-order valence-corrected chi connectivity index (χ0v) is 11.4. The molecular weight excluding hydrogens is 260 g/mol. The van der Waals surface area contributed by atoms with Crippen LogP contribution in [-0.4, -0.2) is 10.9 Å². The molecule has 0 aliphatic heterocycles. The van der Waals surface area contributed by atoms with E-state index < -0.39 is 0 Å². The quantitative estimate of drug-likeness (QED) is 0.784. The number of hydrogen-bond acceptors (Lipinski definition) is 2. The molecule has 3 aromatic rings. The molecule has 102 valence electrons. The highest BCUT2D eigenvalue weighted by molar-refractivity contribution is 6.03. The summed E-state index contributed by atoms with van der Waals surface area (Å²) in [4.78, 5) is 16.4. The van der Waals surface area contributed by atoms with Crippen LogP contribution >= 0.6 is 0 Å². The van der Waals surface area contributed by atoms with Gasteiger partial charge in [-0.2, -0.15) is 0 Å². The Morgan fingerprint density at radius 1 is 0.810 bits per heavy atom. The lowest BCUT2D eigenvalue weighted by molar-refractivity contribution is 0.102. The van der Waals surface area contributed by atoms with Gasteiger partial charge in [-0.25, -0.2) is 0 Å². The van der Waals surface area contributed by atoms with Crippen LogP contribution in [-0.2, 0) is 0 Å². The number of carbonyl (C=O) groups is 1. The van der Waals surface area contributed by atoms with Crippen molar-refractivity contribution in [3.8, 4) is 11.1 Å². The van der Waals surface area contributed by atoms with Crippen LogP contribution in [0.25, 0.3) is 11.1 Å². The number of carbonyl (C=O) groups excluding carboxylic acids is 1. The molecule has 0 aliphatic rings. The van der Waals surface area contributed by atoms with E-state index in [2.05, 4.69) is 10.3 Å². The lowest BCUT2D eigenvalue weighted by Gasteiger charge is -2.06. The second-order valence-corrected chi connectivity index (χ2v) is 4.62. The van der Waals surface area contributed by atoms with Gasteiger partial charge in [0, 0.05) is 11.9 Å². The third-order valence-electron chi connectivity index (χ3n) is 3.13. The topological polar surface area (TPSA) is 42.0 Å². The number of hydrogen-bond donors (Lipinski definition) is 1. The lowest BCUT2D eigenvalue weighted by atomic mass is 10.1. The summed E-state index contributed by atoms with van der Waals surface area (Å²) in [6.45, 7) is 0. The van der Waals surface area contributed by atoms with E-state index in [4.69, 9.17) is 0 Å². The van der Waals surface area contributed by atoms with Crippen LogP contribution in [0.1, 0.15) is 10.5 Å². The van der Waals surface area contributed by atoms with Crippen LogP contribution in [0.2, 0.25) is 0 Å². The number of benzene rings is 2. The van der Waals surface area contributed by atoms with Gasteiger partial charge in [-0.3, -0.25) is 9.78 Å². The van der Waals surface area contributed by atoms with Crippen molar-refractivity contribution < 1.29 is 4.79 Å². The van der Waals surface area contributed by atoms with Crippen molar-refractivity contribution in [3.05, 3.63) is 84.7 Å². The molecule has 0 unspecified atom stereocenters. The fourth-order valence-corrected chi connectivity index (χ4v) is 2.08. The second-order valence-electron chi connectivity index (χ2n) is 4.62. The first kappa shape index (κ1) is 13.1. The van der Waals surface area contributed by atoms with Gasteiger partial charge >= 0.3 is 0 Å². The molecular formula is C18H14N2O. The van der Waals surface area contributed by atoms with Crippen LogP contribution in [0, 0.1) is 0 Å². The molecule has 0 saturated heterocycles. The molecule has 0 radical (unpaired) electrons. The van der Waals surface area contributed by atoms with Gasteiger partial charge in [0.05, 0.1) is 0 Å². The standard InChI is InChI=1S/C18H14N2O/c21-18(20-16-9-5-2-6-10-16)17-13-15(11-12-19-17)14-7-3-1-4-8-14/h1-13H,(H,20,21). The molecule has 3 nitrogen and oxygen atoms in total. The number of amides is 1. The number of nitrogens with zero attached hydrogens (tertiary/aromatic N) is 1. The molecule has 0 spiro atoms. The number of aromatic nitrogens is 1. The van der Waals surface area contributed by atoms with E-state index in [0.717, 1.165) is 16.8 Å². The third-order valence-corrected chi connectivity index (χ3v) is 3.13. The summed E-state index contributed by atoms with van der Waals surface area (Å²) in [5.41, 5.74) is 3.20. The minimum atomic E-state index is -0.209. The van der Waals surface area contributed by atoms with Crippen LogP contribution in [0.15, 0.2) is 79.0 Å². The van der Waals surface area contributed by atoms with E-state index in [0.29, 0.717) is 5.69 Å². The summed E-state index contributed by atoms with van der Waals surface area (Å²) >= 11 is 0. The van der Waals surface area contributed by atoms with Crippen LogP contribution < -0.4 is 5.32 Å². The van der Waals surface area contributed by atoms with Gasteiger partial charge in [-0.15, -0.1) is 0 Å². The minimum absolute atomic E-state index is 0.209. The Labute approximate surface area is 123 Å². The van der Waals surface area contributed by atoms with Gasteiger partial charge in [-0.05, 0) is 35.4 Å². The van der Waals surface area contributed by atoms with E-state index >= 15 is 0 Å². The van der Waals surface area contributed by atoms with Crippen LogP contribution in [0.3, 0.4) is 0 Å². The highest BCUT2D eigenvalue weighted by Crippen LogP contribution is 2.19. The number of rotatable bonds is 3. The Kier molecular flexibility index (Phi) is 3.74. The molecule has 0 saturated carbocycles. The summed E-state index contributed by atoms with van der Waals surface area (Å²) in [5.74, 6) is -0.209. The second kappa shape index (κ2) is 6.01. The largest absolute Gasteiger partial charge is 0.321 e. The van der Waals surface area contributed by atoms with E-state index in [1.165, 1.54) is 0 Å². The normalized spacial score (nSPS) is 10.1. The van der Waals surface area contributed by atoms with Crippen molar-refractivity contribution in [2.75, 3.05) is 5.32 Å². The Morgan fingerprint density at radius 2 is 1.48 bits per heavy atom. The number of anilines is 1. The van der Waals surface area contributed by atoms with Crippen LogP contribution in [0.4, 0.5) is 5.69 Å². The van der Waals surface area contributed by atoms with Gasteiger partial charge in [0.1, 0.15) is 5.69 Å². The van der Waals surface area contributed by atoms with Crippen LogP contribution in [0.5, 0.6) is 0 Å². The van der Waals surface area contributed by atoms with E-state index in [9.17, 15) is 4.79 Å². The van der Waals surface area contributed by atoms with E-state index in [1.807, 2.05) is 66.7 Å². The first-order valence-electron chi connectivity index (χ1n) is 6.71. The lowest BCUT2D eigenvalue weighted by Crippen LogP contribution is -2.13. The fraction of sp³-hybridized carbons (Fsp3) is 0. The van der Waals surface area contributed by atoms with Gasteiger partial charge < -0.3 is 5.32 Å². The molecule has 1 amide bonds. The first-order valence-corrected chi connectivity index (χ1v) is 6.71. The number of nitrogens with one attached hydrogen (secondary N) is 1. The monoisotopic (exact) mass is 274 g/mol. The van der Waals surface area contributed by atoms with Gasteiger partial charge in [-0.1, -0.05) is 48.5 Å². The average Bonchev–Trinajstić information content (AvgIpc) is 2.57. The predicted molar refractivity (Wildman–Crippen MR) is 84.1 cm³/mol. The predicted octanol–water partition coefficient (Wildman–Crippen LogP) is 4.00. The van der Waals surface area contributed by atoms with Gasteiger partial charge in [0.25, 0.3) is 5.91 Å². The fourth-order valence-electron chi connectivity index (χ4n) is 2.08. The molecule has 3 rings (SSSR count). The Morgan fingerprint density at radius 3 is 2.19 bits per heavy atom. The summed E-state index contributed by atoms with van der Waals surface area (Å²) in [6, 6.07) is 23.0. The highest BCUT2D eigenvalue weighted by Gasteiger charge is 2.08. The molecule has 21 heavy (non-hydrogen) atoms. The zero-order chi connectivity index (χ0) is 14.5. The van der Waals surface area contributed by atoms with Crippen molar-refractivity contribution in [2.45, 2.75) is 0 Å². The maximum atomic E-state index is 12.2. The minimum Gasteiger partial charge on any atom is -0.321 e. The van der Waals surface area contributed by atoms with E-state index in [-0.39, 0.29) is 5.91 Å². The Bertz CT molecular complexity index is 739. The molecule has 3 heteroatoms.